The fourth-order valence-corrected chi connectivity index (χ4v) is 3.63. The minimum absolute atomic E-state index is 0.212. The van der Waals surface area contributed by atoms with Crippen molar-refractivity contribution in [3.63, 3.8) is 0 Å². The van der Waals surface area contributed by atoms with Crippen molar-refractivity contribution < 1.29 is 4.79 Å². The maximum absolute atomic E-state index is 12.7. The van der Waals surface area contributed by atoms with E-state index in [9.17, 15) is 4.79 Å². The van der Waals surface area contributed by atoms with E-state index in [-0.39, 0.29) is 5.92 Å². The molecule has 0 aliphatic carbocycles. The van der Waals surface area contributed by atoms with Crippen LogP contribution in [0.3, 0.4) is 0 Å². The molecule has 1 amide bonds. The molecule has 2 heterocycles. The Kier molecular flexibility index (Phi) is 5.26. The molecular formula is C16H30N2O. The first-order chi connectivity index (χ1) is 9.09. The molecule has 3 atom stereocenters. The highest BCUT2D eigenvalue weighted by molar-refractivity contribution is 5.79. The van der Waals surface area contributed by atoms with Gasteiger partial charge in [0.25, 0.3) is 0 Å². The Bertz CT molecular complexity index is 303. The van der Waals surface area contributed by atoms with Crippen molar-refractivity contribution in [2.45, 2.75) is 58.9 Å². The molecule has 0 aromatic rings. The number of rotatable bonds is 2. The summed E-state index contributed by atoms with van der Waals surface area (Å²) in [6, 6.07) is 0.352. The van der Waals surface area contributed by atoms with Crippen molar-refractivity contribution in [3.8, 4) is 0 Å². The van der Waals surface area contributed by atoms with Crippen molar-refractivity contribution in [3.05, 3.63) is 0 Å². The van der Waals surface area contributed by atoms with Gasteiger partial charge in [0, 0.05) is 19.1 Å². The molecular weight excluding hydrogens is 236 g/mol. The summed E-state index contributed by atoms with van der Waals surface area (Å²) in [5, 5.41) is 3.45. The van der Waals surface area contributed by atoms with Crippen molar-refractivity contribution in [1.29, 1.82) is 0 Å². The number of hydrogen-bond acceptors (Lipinski definition) is 2. The van der Waals surface area contributed by atoms with E-state index in [1.54, 1.807) is 0 Å². The number of likely N-dealkylation sites (tertiary alicyclic amines) is 1. The van der Waals surface area contributed by atoms with Gasteiger partial charge in [-0.05, 0) is 57.4 Å². The Balaban J connectivity index is 1.92. The van der Waals surface area contributed by atoms with Crippen LogP contribution in [0.25, 0.3) is 0 Å². The van der Waals surface area contributed by atoms with Crippen LogP contribution in [0.1, 0.15) is 52.9 Å². The first-order valence-electron chi connectivity index (χ1n) is 8.11. The topological polar surface area (TPSA) is 32.3 Å². The molecule has 0 aromatic heterocycles. The average molecular weight is 266 g/mol. The molecule has 2 fully saturated rings. The van der Waals surface area contributed by atoms with Gasteiger partial charge in [-0.25, -0.2) is 0 Å². The van der Waals surface area contributed by atoms with E-state index in [4.69, 9.17) is 0 Å². The number of carbonyl (C=O) groups excluding carboxylic acids is 1. The van der Waals surface area contributed by atoms with Crippen LogP contribution >= 0.6 is 0 Å². The summed E-state index contributed by atoms with van der Waals surface area (Å²) in [7, 11) is 0. The van der Waals surface area contributed by atoms with E-state index in [1.807, 2.05) is 0 Å². The third kappa shape index (κ3) is 3.71. The van der Waals surface area contributed by atoms with E-state index < -0.39 is 0 Å². The summed E-state index contributed by atoms with van der Waals surface area (Å²) in [4.78, 5) is 14.8. The summed E-state index contributed by atoms with van der Waals surface area (Å²) in [5.74, 6) is 2.18. The van der Waals surface area contributed by atoms with E-state index in [0.717, 1.165) is 44.3 Å². The van der Waals surface area contributed by atoms with Gasteiger partial charge in [-0.1, -0.05) is 13.8 Å². The minimum Gasteiger partial charge on any atom is -0.342 e. The fraction of sp³-hybridized carbons (Fsp3) is 0.938. The summed E-state index contributed by atoms with van der Waals surface area (Å²) < 4.78 is 0. The molecule has 3 heteroatoms. The predicted octanol–water partition coefficient (Wildman–Crippen LogP) is 2.66. The van der Waals surface area contributed by atoms with Crippen LogP contribution in [0.5, 0.6) is 0 Å². The van der Waals surface area contributed by atoms with Gasteiger partial charge in [0.1, 0.15) is 0 Å². The third-order valence-corrected chi connectivity index (χ3v) is 5.11. The number of amides is 1. The Morgan fingerprint density at radius 2 is 1.95 bits per heavy atom. The molecule has 0 spiro atoms. The molecule has 3 nitrogen and oxygen atoms in total. The second-order valence-electron chi connectivity index (χ2n) is 6.75. The van der Waals surface area contributed by atoms with E-state index in [1.165, 1.54) is 19.3 Å². The van der Waals surface area contributed by atoms with Crippen LogP contribution in [0.2, 0.25) is 0 Å². The quantitative estimate of drug-likeness (QED) is 0.833. The average Bonchev–Trinajstić information content (AvgIpc) is 2.64. The minimum atomic E-state index is 0.212. The maximum atomic E-state index is 12.7. The highest BCUT2D eigenvalue weighted by atomic mass is 16.2. The van der Waals surface area contributed by atoms with Gasteiger partial charge in [0.2, 0.25) is 5.91 Å². The van der Waals surface area contributed by atoms with Gasteiger partial charge in [-0.2, -0.15) is 0 Å². The molecule has 19 heavy (non-hydrogen) atoms. The molecule has 0 radical (unpaired) electrons. The molecule has 2 rings (SSSR count). The zero-order chi connectivity index (χ0) is 13.8. The number of carbonyl (C=O) groups is 1. The van der Waals surface area contributed by atoms with Gasteiger partial charge in [-0.3, -0.25) is 4.79 Å². The van der Waals surface area contributed by atoms with Crippen LogP contribution in [0.15, 0.2) is 0 Å². The van der Waals surface area contributed by atoms with Crippen LogP contribution < -0.4 is 5.32 Å². The van der Waals surface area contributed by atoms with Crippen molar-refractivity contribution in [1.82, 2.24) is 10.2 Å². The molecule has 0 saturated carbocycles. The second-order valence-corrected chi connectivity index (χ2v) is 6.75. The van der Waals surface area contributed by atoms with Crippen LogP contribution in [-0.2, 0) is 4.79 Å². The molecule has 2 aliphatic heterocycles. The van der Waals surface area contributed by atoms with E-state index >= 15 is 0 Å². The van der Waals surface area contributed by atoms with Gasteiger partial charge in [0.05, 0.1) is 5.92 Å². The van der Waals surface area contributed by atoms with E-state index in [0.29, 0.717) is 11.9 Å². The zero-order valence-corrected chi connectivity index (χ0v) is 12.8. The normalized spacial score (nSPS) is 33.3. The zero-order valence-electron chi connectivity index (χ0n) is 12.8. The standard InChI is InChI=1S/C16H30N2O/c1-12(2)14-6-5-10-18(11-8-14)16(19)15-7-4-9-17-13(15)3/h12-15,17H,4-11H2,1-3H3. The predicted molar refractivity (Wildman–Crippen MR) is 78.9 cm³/mol. The number of nitrogens with one attached hydrogen (secondary N) is 1. The monoisotopic (exact) mass is 266 g/mol. The van der Waals surface area contributed by atoms with Gasteiger partial charge < -0.3 is 10.2 Å². The van der Waals surface area contributed by atoms with E-state index in [2.05, 4.69) is 31.0 Å². The van der Waals surface area contributed by atoms with Gasteiger partial charge >= 0.3 is 0 Å². The largest absolute Gasteiger partial charge is 0.342 e. The van der Waals surface area contributed by atoms with Crippen LogP contribution in [0.4, 0.5) is 0 Å². The summed E-state index contributed by atoms with van der Waals surface area (Å²) in [5.41, 5.74) is 0. The second kappa shape index (κ2) is 6.74. The van der Waals surface area contributed by atoms with Crippen LogP contribution in [-0.4, -0.2) is 36.5 Å². The third-order valence-electron chi connectivity index (χ3n) is 5.11. The Morgan fingerprint density at radius 1 is 1.16 bits per heavy atom. The number of hydrogen-bond donors (Lipinski definition) is 1. The molecule has 0 aromatic carbocycles. The molecule has 1 N–H and O–H groups in total. The molecule has 3 unspecified atom stereocenters. The van der Waals surface area contributed by atoms with Crippen molar-refractivity contribution in [2.75, 3.05) is 19.6 Å². The van der Waals surface area contributed by atoms with Gasteiger partial charge in [0.15, 0.2) is 0 Å². The fourth-order valence-electron chi connectivity index (χ4n) is 3.63. The maximum Gasteiger partial charge on any atom is 0.227 e. The first kappa shape index (κ1) is 14.8. The summed E-state index contributed by atoms with van der Waals surface area (Å²) in [6.07, 6.45) is 5.88. The molecule has 0 bridgehead atoms. The Hall–Kier alpha value is -0.570. The van der Waals surface area contributed by atoms with Gasteiger partial charge in [-0.15, -0.1) is 0 Å². The summed E-state index contributed by atoms with van der Waals surface area (Å²) >= 11 is 0. The highest BCUT2D eigenvalue weighted by Crippen LogP contribution is 2.26. The Morgan fingerprint density at radius 3 is 2.63 bits per heavy atom. The highest BCUT2D eigenvalue weighted by Gasteiger charge is 2.32. The molecule has 110 valence electrons. The lowest BCUT2D eigenvalue weighted by Crippen LogP contribution is -2.48. The lowest BCUT2D eigenvalue weighted by Gasteiger charge is -2.33. The molecule has 2 saturated heterocycles. The number of nitrogens with zero attached hydrogens (tertiary/aromatic N) is 1. The van der Waals surface area contributed by atoms with Crippen molar-refractivity contribution >= 4 is 5.91 Å². The lowest BCUT2D eigenvalue weighted by atomic mass is 9.89. The van der Waals surface area contributed by atoms with Crippen LogP contribution in [0, 0.1) is 17.8 Å². The number of piperidine rings is 1. The SMILES string of the molecule is CC(C)C1CCCN(C(=O)C2CCCNC2C)CC1. The first-order valence-corrected chi connectivity index (χ1v) is 8.11. The molecule has 2 aliphatic rings. The lowest BCUT2D eigenvalue weighted by molar-refractivity contribution is -0.137. The summed E-state index contributed by atoms with van der Waals surface area (Å²) in [6.45, 7) is 9.82. The smallest absolute Gasteiger partial charge is 0.227 e. The Labute approximate surface area is 118 Å². The van der Waals surface area contributed by atoms with Crippen molar-refractivity contribution in [2.24, 2.45) is 17.8 Å².